The molecule has 3 aromatic rings. The number of nitriles is 1. The number of H-pyrrole nitrogens is 1. The van der Waals surface area contributed by atoms with Gasteiger partial charge in [0.15, 0.2) is 0 Å². The second kappa shape index (κ2) is 6.27. The molecule has 0 atom stereocenters. The second-order valence-corrected chi connectivity index (χ2v) is 7.58. The lowest BCUT2D eigenvalue weighted by atomic mass is 10.2. The van der Waals surface area contributed by atoms with Crippen molar-refractivity contribution in [2.75, 3.05) is 4.72 Å². The molecular formula is C15H10N4O3S2. The predicted molar refractivity (Wildman–Crippen MR) is 90.1 cm³/mol. The SMILES string of the molecule is N#Cc1cccc(NS(=O)(=O)c2cc(-c3ccc(=O)[nH]n3)cs2)c1. The number of aromatic amines is 1. The van der Waals surface area contributed by atoms with Crippen LogP contribution in [0.5, 0.6) is 0 Å². The van der Waals surface area contributed by atoms with Gasteiger partial charge in [0.1, 0.15) is 4.21 Å². The molecule has 0 fully saturated rings. The Labute approximate surface area is 141 Å². The predicted octanol–water partition coefficient (Wildman–Crippen LogP) is 2.17. The van der Waals surface area contributed by atoms with Gasteiger partial charge < -0.3 is 0 Å². The monoisotopic (exact) mass is 358 g/mol. The van der Waals surface area contributed by atoms with Gasteiger partial charge in [0.05, 0.1) is 23.0 Å². The average Bonchev–Trinajstić information content (AvgIpc) is 3.06. The summed E-state index contributed by atoms with van der Waals surface area (Å²) in [5, 5.41) is 16.7. The van der Waals surface area contributed by atoms with Gasteiger partial charge in [0, 0.05) is 17.0 Å². The molecule has 2 heterocycles. The highest BCUT2D eigenvalue weighted by molar-refractivity contribution is 7.94. The summed E-state index contributed by atoms with van der Waals surface area (Å²) in [6.45, 7) is 0. The number of benzene rings is 1. The van der Waals surface area contributed by atoms with Crippen molar-refractivity contribution in [1.29, 1.82) is 5.26 Å². The molecule has 3 rings (SSSR count). The number of hydrogen-bond acceptors (Lipinski definition) is 6. The Kier molecular flexibility index (Phi) is 4.16. The van der Waals surface area contributed by atoms with Crippen LogP contribution in [0, 0.1) is 11.3 Å². The Hall–Kier alpha value is -2.96. The van der Waals surface area contributed by atoms with E-state index in [1.54, 1.807) is 23.6 Å². The minimum absolute atomic E-state index is 0.105. The molecule has 0 aliphatic rings. The lowest BCUT2D eigenvalue weighted by Gasteiger charge is -2.06. The van der Waals surface area contributed by atoms with Gasteiger partial charge in [0.2, 0.25) is 0 Å². The van der Waals surface area contributed by atoms with Crippen LogP contribution >= 0.6 is 11.3 Å². The van der Waals surface area contributed by atoms with Crippen molar-refractivity contribution in [1.82, 2.24) is 10.2 Å². The fraction of sp³-hybridized carbons (Fsp3) is 0. The lowest BCUT2D eigenvalue weighted by molar-refractivity contribution is 0.603. The molecule has 24 heavy (non-hydrogen) atoms. The molecule has 0 amide bonds. The third kappa shape index (κ3) is 3.34. The van der Waals surface area contributed by atoms with Crippen LogP contribution in [-0.2, 0) is 10.0 Å². The van der Waals surface area contributed by atoms with Gasteiger partial charge in [-0.3, -0.25) is 9.52 Å². The zero-order valence-electron chi connectivity index (χ0n) is 12.1. The molecule has 0 saturated carbocycles. The summed E-state index contributed by atoms with van der Waals surface area (Å²) in [5.41, 5.74) is 1.40. The molecule has 0 radical (unpaired) electrons. The van der Waals surface area contributed by atoms with E-state index in [-0.39, 0.29) is 9.77 Å². The zero-order valence-corrected chi connectivity index (χ0v) is 13.7. The molecule has 0 aliphatic heterocycles. The van der Waals surface area contributed by atoms with E-state index < -0.39 is 10.0 Å². The van der Waals surface area contributed by atoms with Gasteiger partial charge in [0.25, 0.3) is 15.6 Å². The topological polar surface area (TPSA) is 116 Å². The van der Waals surface area contributed by atoms with Gasteiger partial charge >= 0.3 is 0 Å². The van der Waals surface area contributed by atoms with Crippen LogP contribution in [0.4, 0.5) is 5.69 Å². The second-order valence-electron chi connectivity index (χ2n) is 4.76. The van der Waals surface area contributed by atoms with Crippen LogP contribution < -0.4 is 10.3 Å². The lowest BCUT2D eigenvalue weighted by Crippen LogP contribution is -2.11. The molecule has 0 saturated heterocycles. The smallest absolute Gasteiger partial charge is 0.271 e. The van der Waals surface area contributed by atoms with Crippen LogP contribution in [-0.4, -0.2) is 18.6 Å². The highest BCUT2D eigenvalue weighted by Crippen LogP contribution is 2.28. The van der Waals surface area contributed by atoms with E-state index in [2.05, 4.69) is 14.9 Å². The van der Waals surface area contributed by atoms with Gasteiger partial charge in [-0.15, -0.1) is 11.3 Å². The molecular weight excluding hydrogens is 348 g/mol. The molecule has 7 nitrogen and oxygen atoms in total. The number of aromatic nitrogens is 2. The van der Waals surface area contributed by atoms with Gasteiger partial charge in [-0.1, -0.05) is 6.07 Å². The Morgan fingerprint density at radius 1 is 1.21 bits per heavy atom. The maximum atomic E-state index is 12.4. The number of thiophene rings is 1. The number of rotatable bonds is 4. The fourth-order valence-corrected chi connectivity index (χ4v) is 4.18. The number of anilines is 1. The number of nitrogens with zero attached hydrogens (tertiary/aromatic N) is 2. The molecule has 2 aromatic heterocycles. The van der Waals surface area contributed by atoms with E-state index in [1.807, 2.05) is 6.07 Å². The van der Waals surface area contributed by atoms with Crippen molar-refractivity contribution in [3.05, 3.63) is 63.8 Å². The first-order chi connectivity index (χ1) is 11.5. The van der Waals surface area contributed by atoms with E-state index in [0.29, 0.717) is 22.5 Å². The summed E-state index contributed by atoms with van der Waals surface area (Å²) in [6, 6.07) is 12.5. The molecule has 120 valence electrons. The highest BCUT2D eigenvalue weighted by Gasteiger charge is 2.18. The first kappa shape index (κ1) is 15.9. The van der Waals surface area contributed by atoms with Crippen molar-refractivity contribution in [3.8, 4) is 17.3 Å². The Balaban J connectivity index is 1.89. The maximum Gasteiger partial charge on any atom is 0.271 e. The summed E-state index contributed by atoms with van der Waals surface area (Å²) in [5.74, 6) is 0. The minimum Gasteiger partial charge on any atom is -0.279 e. The van der Waals surface area contributed by atoms with Crippen molar-refractivity contribution in [2.24, 2.45) is 0 Å². The fourth-order valence-electron chi connectivity index (χ4n) is 1.95. The van der Waals surface area contributed by atoms with Crippen molar-refractivity contribution < 1.29 is 8.42 Å². The highest BCUT2D eigenvalue weighted by atomic mass is 32.2. The van der Waals surface area contributed by atoms with E-state index in [4.69, 9.17) is 5.26 Å². The third-order valence-electron chi connectivity index (χ3n) is 3.06. The summed E-state index contributed by atoms with van der Waals surface area (Å²) >= 11 is 1.04. The molecule has 0 unspecified atom stereocenters. The molecule has 1 aromatic carbocycles. The summed E-state index contributed by atoms with van der Waals surface area (Å²) in [4.78, 5) is 11.0. The molecule has 0 bridgehead atoms. The average molecular weight is 358 g/mol. The van der Waals surface area contributed by atoms with Crippen LogP contribution in [0.25, 0.3) is 11.3 Å². The molecule has 0 spiro atoms. The number of sulfonamides is 1. The first-order valence-electron chi connectivity index (χ1n) is 6.65. The Morgan fingerprint density at radius 3 is 2.75 bits per heavy atom. The normalized spacial score (nSPS) is 11.0. The Morgan fingerprint density at radius 2 is 2.04 bits per heavy atom. The standard InChI is InChI=1S/C15H10N4O3S2/c16-8-10-2-1-3-12(6-10)19-24(21,22)15-7-11(9-23-15)13-4-5-14(20)18-17-13/h1-7,9,19H,(H,18,20). The summed E-state index contributed by atoms with van der Waals surface area (Å²) in [7, 11) is -3.77. The van der Waals surface area contributed by atoms with Crippen molar-refractivity contribution in [3.63, 3.8) is 0 Å². The van der Waals surface area contributed by atoms with E-state index in [9.17, 15) is 13.2 Å². The van der Waals surface area contributed by atoms with E-state index in [0.717, 1.165) is 11.3 Å². The number of nitrogens with one attached hydrogen (secondary N) is 2. The zero-order chi connectivity index (χ0) is 17.2. The van der Waals surface area contributed by atoms with Crippen LogP contribution in [0.3, 0.4) is 0 Å². The quantitative estimate of drug-likeness (QED) is 0.741. The molecule has 9 heteroatoms. The van der Waals surface area contributed by atoms with Crippen LogP contribution in [0.1, 0.15) is 5.56 Å². The van der Waals surface area contributed by atoms with E-state index >= 15 is 0 Å². The largest absolute Gasteiger partial charge is 0.279 e. The van der Waals surface area contributed by atoms with Crippen LogP contribution in [0.15, 0.2) is 56.8 Å². The summed E-state index contributed by atoms with van der Waals surface area (Å²) in [6.07, 6.45) is 0. The first-order valence-corrected chi connectivity index (χ1v) is 9.02. The van der Waals surface area contributed by atoms with Crippen molar-refractivity contribution >= 4 is 27.0 Å². The van der Waals surface area contributed by atoms with Crippen molar-refractivity contribution in [2.45, 2.75) is 4.21 Å². The summed E-state index contributed by atoms with van der Waals surface area (Å²) < 4.78 is 27.4. The minimum atomic E-state index is -3.77. The third-order valence-corrected chi connectivity index (χ3v) is 5.88. The van der Waals surface area contributed by atoms with E-state index in [1.165, 1.54) is 24.3 Å². The molecule has 0 aliphatic carbocycles. The molecule has 2 N–H and O–H groups in total. The van der Waals surface area contributed by atoms with Gasteiger partial charge in [-0.25, -0.2) is 13.5 Å². The number of hydrogen-bond donors (Lipinski definition) is 2. The van der Waals surface area contributed by atoms with Gasteiger partial charge in [-0.2, -0.15) is 10.4 Å². The maximum absolute atomic E-state index is 12.4. The Bertz CT molecular complexity index is 1070. The van der Waals surface area contributed by atoms with Gasteiger partial charge in [-0.05, 0) is 30.3 Å². The van der Waals surface area contributed by atoms with Crippen LogP contribution in [0.2, 0.25) is 0 Å².